The number of nitrogens with zero attached hydrogens (tertiary/aromatic N) is 3. The fourth-order valence-corrected chi connectivity index (χ4v) is 4.30. The molecule has 0 spiro atoms. The van der Waals surface area contributed by atoms with Gasteiger partial charge in [-0.25, -0.2) is 0 Å². The number of hydrogen-bond acceptors (Lipinski definition) is 9. The molecule has 10 nitrogen and oxygen atoms in total. The van der Waals surface area contributed by atoms with Gasteiger partial charge in [-0.05, 0) is 43.2 Å². The number of hydrogen-bond donors (Lipinski definition) is 0. The normalized spacial score (nSPS) is 16.9. The summed E-state index contributed by atoms with van der Waals surface area (Å²) in [7, 11) is 4.57. The molecule has 1 saturated heterocycles. The SMILES string of the molecule is COc1cc(C(=O)N2CCCC(c3nnc(-c4ccc5c(c4)OCO5)o3)C2)cc(OC)c1OC. The van der Waals surface area contributed by atoms with E-state index in [1.54, 1.807) is 17.0 Å². The lowest BCUT2D eigenvalue weighted by Crippen LogP contribution is -2.39. The fraction of sp³-hybridized carbons (Fsp3) is 0.375. The zero-order chi connectivity index (χ0) is 23.7. The molecule has 0 aliphatic carbocycles. The van der Waals surface area contributed by atoms with Crippen LogP contribution < -0.4 is 23.7 Å². The third-order valence-corrected chi connectivity index (χ3v) is 6.03. The number of rotatable bonds is 6. The molecular weight excluding hydrogens is 442 g/mol. The molecule has 1 atom stereocenters. The third-order valence-electron chi connectivity index (χ3n) is 6.03. The highest BCUT2D eigenvalue weighted by Gasteiger charge is 2.30. The van der Waals surface area contributed by atoms with Crippen molar-refractivity contribution < 1.29 is 32.9 Å². The lowest BCUT2D eigenvalue weighted by atomic mass is 9.97. The van der Waals surface area contributed by atoms with Crippen LogP contribution in [0, 0.1) is 0 Å². The Bertz CT molecular complexity index is 1180. The molecule has 0 N–H and O–H groups in total. The minimum Gasteiger partial charge on any atom is -0.493 e. The molecule has 5 rings (SSSR count). The van der Waals surface area contributed by atoms with Gasteiger partial charge in [-0.2, -0.15) is 0 Å². The van der Waals surface area contributed by atoms with E-state index >= 15 is 0 Å². The molecule has 178 valence electrons. The highest BCUT2D eigenvalue weighted by atomic mass is 16.7. The largest absolute Gasteiger partial charge is 0.493 e. The predicted octanol–water partition coefficient (Wildman–Crippen LogP) is 3.51. The Balaban J connectivity index is 1.34. The average molecular weight is 467 g/mol. The van der Waals surface area contributed by atoms with Gasteiger partial charge in [-0.1, -0.05) is 0 Å². The first-order valence-corrected chi connectivity index (χ1v) is 10.9. The second kappa shape index (κ2) is 9.12. The van der Waals surface area contributed by atoms with Crippen molar-refractivity contribution in [2.75, 3.05) is 41.2 Å². The highest BCUT2D eigenvalue weighted by molar-refractivity contribution is 5.95. The second-order valence-corrected chi connectivity index (χ2v) is 8.02. The number of methoxy groups -OCH3 is 3. The number of benzene rings is 2. The summed E-state index contributed by atoms with van der Waals surface area (Å²) in [4.78, 5) is 15.1. The van der Waals surface area contributed by atoms with Gasteiger partial charge in [-0.15, -0.1) is 10.2 Å². The van der Waals surface area contributed by atoms with Crippen LogP contribution in [0.15, 0.2) is 34.7 Å². The Kier molecular flexibility index (Phi) is 5.87. The molecule has 0 bridgehead atoms. The van der Waals surface area contributed by atoms with E-state index in [-0.39, 0.29) is 18.6 Å². The Labute approximate surface area is 196 Å². The van der Waals surface area contributed by atoms with Crippen molar-refractivity contribution in [3.63, 3.8) is 0 Å². The molecule has 2 aliphatic heterocycles. The fourth-order valence-electron chi connectivity index (χ4n) is 4.30. The molecule has 2 aliphatic rings. The predicted molar refractivity (Wildman–Crippen MR) is 120 cm³/mol. The van der Waals surface area contributed by atoms with Gasteiger partial charge in [0.15, 0.2) is 23.0 Å². The summed E-state index contributed by atoms with van der Waals surface area (Å²) in [6.07, 6.45) is 1.67. The standard InChI is InChI=1S/C24H25N3O7/c1-29-19-10-16(11-20(30-2)21(19)31-3)24(28)27-8-4-5-15(12-27)23-26-25-22(34-23)14-6-7-17-18(9-14)33-13-32-17/h6-7,9-11,15H,4-5,8,12-13H2,1-3H3. The lowest BCUT2D eigenvalue weighted by molar-refractivity contribution is 0.0697. The average Bonchev–Trinajstić information content (AvgIpc) is 3.57. The molecule has 10 heteroatoms. The van der Waals surface area contributed by atoms with Crippen molar-refractivity contribution in [2.45, 2.75) is 18.8 Å². The first kappa shape index (κ1) is 21.9. The third kappa shape index (κ3) is 3.95. The maximum atomic E-state index is 13.3. The molecule has 3 aromatic rings. The number of amides is 1. The molecule has 3 heterocycles. The van der Waals surface area contributed by atoms with Crippen molar-refractivity contribution >= 4 is 5.91 Å². The number of piperidine rings is 1. The molecule has 0 saturated carbocycles. The summed E-state index contributed by atoms with van der Waals surface area (Å²) in [6.45, 7) is 1.30. The smallest absolute Gasteiger partial charge is 0.254 e. The van der Waals surface area contributed by atoms with Gasteiger partial charge in [0.1, 0.15) is 0 Å². The minimum absolute atomic E-state index is 0.0602. The van der Waals surface area contributed by atoms with Crippen LogP contribution >= 0.6 is 0 Å². The molecule has 1 fully saturated rings. The summed E-state index contributed by atoms with van der Waals surface area (Å²) >= 11 is 0. The van der Waals surface area contributed by atoms with E-state index in [0.717, 1.165) is 18.4 Å². The van der Waals surface area contributed by atoms with Crippen LogP contribution in [0.1, 0.15) is 35.0 Å². The minimum atomic E-state index is -0.125. The van der Waals surface area contributed by atoms with Gasteiger partial charge < -0.3 is 33.0 Å². The van der Waals surface area contributed by atoms with E-state index in [2.05, 4.69) is 10.2 Å². The molecule has 1 aromatic heterocycles. The van der Waals surface area contributed by atoms with Crippen molar-refractivity contribution in [1.82, 2.24) is 15.1 Å². The van der Waals surface area contributed by atoms with Crippen LogP contribution in [0.4, 0.5) is 0 Å². The topological polar surface area (TPSA) is 105 Å². The summed E-state index contributed by atoms with van der Waals surface area (Å²) in [6, 6.07) is 8.82. The zero-order valence-corrected chi connectivity index (χ0v) is 19.2. The van der Waals surface area contributed by atoms with Gasteiger partial charge in [0.05, 0.1) is 27.2 Å². The number of ether oxygens (including phenoxy) is 5. The molecule has 1 unspecified atom stereocenters. The number of aromatic nitrogens is 2. The van der Waals surface area contributed by atoms with E-state index in [0.29, 0.717) is 59.2 Å². The molecular formula is C24H25N3O7. The van der Waals surface area contributed by atoms with E-state index in [1.807, 2.05) is 18.2 Å². The van der Waals surface area contributed by atoms with Crippen molar-refractivity contribution in [1.29, 1.82) is 0 Å². The maximum Gasteiger partial charge on any atom is 0.254 e. The van der Waals surface area contributed by atoms with Crippen LogP contribution in [0.5, 0.6) is 28.7 Å². The molecule has 0 radical (unpaired) electrons. The Morgan fingerprint density at radius 3 is 2.50 bits per heavy atom. The summed E-state index contributed by atoms with van der Waals surface area (Å²) in [5.41, 5.74) is 1.21. The zero-order valence-electron chi connectivity index (χ0n) is 19.2. The van der Waals surface area contributed by atoms with Crippen LogP contribution in [-0.4, -0.2) is 62.2 Å². The van der Waals surface area contributed by atoms with Gasteiger partial charge in [0.2, 0.25) is 24.3 Å². The maximum absolute atomic E-state index is 13.3. The Morgan fingerprint density at radius 1 is 1.00 bits per heavy atom. The second-order valence-electron chi connectivity index (χ2n) is 8.02. The first-order chi connectivity index (χ1) is 16.6. The summed E-state index contributed by atoms with van der Waals surface area (Å²) < 4.78 is 32.9. The number of fused-ring (bicyclic) bond motifs is 1. The number of carbonyl (C=O) groups is 1. The van der Waals surface area contributed by atoms with Crippen LogP contribution in [0.2, 0.25) is 0 Å². The van der Waals surface area contributed by atoms with Gasteiger partial charge in [0.25, 0.3) is 5.91 Å². The lowest BCUT2D eigenvalue weighted by Gasteiger charge is -2.31. The van der Waals surface area contributed by atoms with Crippen LogP contribution in [0.3, 0.4) is 0 Å². The monoisotopic (exact) mass is 467 g/mol. The Morgan fingerprint density at radius 2 is 1.76 bits per heavy atom. The highest BCUT2D eigenvalue weighted by Crippen LogP contribution is 2.39. The molecule has 34 heavy (non-hydrogen) atoms. The van der Waals surface area contributed by atoms with Crippen molar-refractivity contribution in [3.05, 3.63) is 41.8 Å². The molecule has 2 aromatic carbocycles. The number of likely N-dealkylation sites (tertiary alicyclic amines) is 1. The van der Waals surface area contributed by atoms with Crippen LogP contribution in [0.25, 0.3) is 11.5 Å². The number of carbonyl (C=O) groups excluding carboxylic acids is 1. The molecule has 1 amide bonds. The van der Waals surface area contributed by atoms with Gasteiger partial charge >= 0.3 is 0 Å². The van der Waals surface area contributed by atoms with E-state index in [9.17, 15) is 4.79 Å². The van der Waals surface area contributed by atoms with Gasteiger partial charge in [0, 0.05) is 24.2 Å². The van der Waals surface area contributed by atoms with E-state index in [4.69, 9.17) is 28.1 Å². The quantitative estimate of drug-likeness (QED) is 0.538. The van der Waals surface area contributed by atoms with Gasteiger partial charge in [-0.3, -0.25) is 4.79 Å². The summed E-state index contributed by atoms with van der Waals surface area (Å²) in [5.74, 6) is 3.38. The summed E-state index contributed by atoms with van der Waals surface area (Å²) in [5, 5.41) is 8.49. The van der Waals surface area contributed by atoms with Crippen molar-refractivity contribution in [3.8, 4) is 40.2 Å². The van der Waals surface area contributed by atoms with E-state index in [1.165, 1.54) is 21.3 Å². The van der Waals surface area contributed by atoms with Crippen LogP contribution in [-0.2, 0) is 0 Å². The first-order valence-electron chi connectivity index (χ1n) is 10.9. The van der Waals surface area contributed by atoms with Crippen molar-refractivity contribution in [2.24, 2.45) is 0 Å². The Hall–Kier alpha value is -3.95. The van der Waals surface area contributed by atoms with E-state index < -0.39 is 0 Å².